The third kappa shape index (κ3) is 11.7. The summed E-state index contributed by atoms with van der Waals surface area (Å²) >= 11 is 0. The number of ether oxygens (including phenoxy) is 1. The molecule has 3 rings (SSSR count). The standard InChI is InChI=1S/C21H29N2Si2.C4H8O.Li/c1-24(2,3)17-20(18-13-9-7-10-14-18)22-21(23-25(4,5)6)19-15-11-8-12-16-19;1-2-4-5-3-1;/h7-17H,1-6H3;1-4H2;/q-1;;+1/b20-17+;;. The summed E-state index contributed by atoms with van der Waals surface area (Å²) in [5.41, 5.74) is 5.65. The van der Waals surface area contributed by atoms with Crippen LogP contribution in [0.1, 0.15) is 24.0 Å². The van der Waals surface area contributed by atoms with E-state index in [0.717, 1.165) is 35.9 Å². The van der Waals surface area contributed by atoms with E-state index in [2.05, 4.69) is 93.5 Å². The summed E-state index contributed by atoms with van der Waals surface area (Å²) in [6, 6.07) is 20.8. The Balaban J connectivity index is 0.000000701. The topological polar surface area (TPSA) is 35.7 Å². The molecule has 3 nitrogen and oxygen atoms in total. The predicted molar refractivity (Wildman–Crippen MR) is 138 cm³/mol. The molecule has 0 spiro atoms. The minimum absolute atomic E-state index is 0. The fourth-order valence-corrected chi connectivity index (χ4v) is 4.75. The van der Waals surface area contributed by atoms with Gasteiger partial charge in [-0.15, -0.1) is 0 Å². The molecule has 0 atom stereocenters. The van der Waals surface area contributed by atoms with E-state index in [9.17, 15) is 0 Å². The Kier molecular flexibility index (Phi) is 11.8. The zero-order valence-corrected chi connectivity index (χ0v) is 22.5. The molecule has 162 valence electrons. The van der Waals surface area contributed by atoms with E-state index < -0.39 is 16.3 Å². The molecule has 0 aromatic heterocycles. The largest absolute Gasteiger partial charge is 1.00 e. The number of amidine groups is 1. The van der Waals surface area contributed by atoms with E-state index in [1.54, 1.807) is 0 Å². The quantitative estimate of drug-likeness (QED) is 0.383. The van der Waals surface area contributed by atoms with Crippen molar-refractivity contribution in [1.82, 2.24) is 0 Å². The first-order chi connectivity index (χ1) is 14.1. The van der Waals surface area contributed by atoms with Crippen LogP contribution < -0.4 is 18.9 Å². The molecule has 1 fully saturated rings. The molecule has 6 heteroatoms. The second kappa shape index (κ2) is 13.2. The van der Waals surface area contributed by atoms with Crippen LogP contribution in [0.4, 0.5) is 0 Å². The van der Waals surface area contributed by atoms with Gasteiger partial charge in [0.05, 0.1) is 8.07 Å². The van der Waals surface area contributed by atoms with E-state index in [0.29, 0.717) is 0 Å². The van der Waals surface area contributed by atoms with Gasteiger partial charge in [0.1, 0.15) is 0 Å². The molecule has 0 aliphatic carbocycles. The third-order valence-corrected chi connectivity index (χ3v) is 6.19. The number of hydrogen-bond acceptors (Lipinski definition) is 2. The predicted octanol–water partition coefficient (Wildman–Crippen LogP) is 4.36. The van der Waals surface area contributed by atoms with Gasteiger partial charge in [-0.05, 0) is 29.7 Å². The summed E-state index contributed by atoms with van der Waals surface area (Å²) in [5.74, 6) is 0.855. The molecule has 1 heterocycles. The Labute approximate surface area is 203 Å². The smallest absolute Gasteiger partial charge is 0.472 e. The van der Waals surface area contributed by atoms with Gasteiger partial charge in [-0.3, -0.25) is 0 Å². The Morgan fingerprint density at radius 1 is 0.806 bits per heavy atom. The van der Waals surface area contributed by atoms with Gasteiger partial charge in [-0.1, -0.05) is 111 Å². The first-order valence-corrected chi connectivity index (χ1v) is 17.9. The van der Waals surface area contributed by atoms with Crippen LogP contribution in [-0.4, -0.2) is 35.4 Å². The van der Waals surface area contributed by atoms with Crippen LogP contribution in [0.15, 0.2) is 71.0 Å². The van der Waals surface area contributed by atoms with Crippen LogP contribution in [0.3, 0.4) is 0 Å². The molecule has 0 amide bonds. The van der Waals surface area contributed by atoms with E-state index in [4.69, 9.17) is 14.7 Å². The number of benzene rings is 2. The number of rotatable bonds is 5. The second-order valence-corrected chi connectivity index (χ2v) is 19.3. The molecule has 0 saturated carbocycles. The molecular weight excluding hydrogens is 407 g/mol. The SMILES string of the molecule is C1CCOC1.C[Si](C)(C)/C=C(/[N-]/C(=N/[Si](C)(C)C)c1ccccc1)c1ccccc1.[Li+]. The molecule has 1 aliphatic heterocycles. The molecule has 31 heavy (non-hydrogen) atoms. The maximum atomic E-state index is 5.07. The molecule has 2 aromatic carbocycles. The fraction of sp³-hybridized carbons (Fsp3) is 0.400. The molecular formula is C25H37LiN2OSi2. The van der Waals surface area contributed by atoms with Crippen molar-refractivity contribution in [3.63, 3.8) is 0 Å². The van der Waals surface area contributed by atoms with Crippen LogP contribution in [0.25, 0.3) is 11.0 Å². The average Bonchev–Trinajstić information content (AvgIpc) is 3.26. The summed E-state index contributed by atoms with van der Waals surface area (Å²) < 4.78 is 9.98. The third-order valence-electron chi connectivity index (χ3n) is 4.17. The van der Waals surface area contributed by atoms with Crippen molar-refractivity contribution in [2.45, 2.75) is 52.1 Å². The monoisotopic (exact) mass is 444 g/mol. The van der Waals surface area contributed by atoms with Gasteiger partial charge >= 0.3 is 18.9 Å². The average molecular weight is 445 g/mol. The summed E-state index contributed by atoms with van der Waals surface area (Å²) in [7, 11) is -3.08. The molecule has 0 N–H and O–H groups in total. The Bertz CT molecular complexity index is 749. The number of nitrogens with zero attached hydrogens (tertiary/aromatic N) is 2. The maximum Gasteiger partial charge on any atom is 1.00 e. The summed E-state index contributed by atoms with van der Waals surface area (Å²) in [4.78, 5) is 0. The summed E-state index contributed by atoms with van der Waals surface area (Å²) in [6.07, 6.45) is 2.56. The zero-order chi connectivity index (χ0) is 22.0. The first-order valence-electron chi connectivity index (χ1n) is 10.9. The van der Waals surface area contributed by atoms with Gasteiger partial charge in [0.15, 0.2) is 0 Å². The number of hydrogen-bond donors (Lipinski definition) is 0. The Hall–Kier alpha value is -1.36. The van der Waals surface area contributed by atoms with Crippen molar-refractivity contribution >= 4 is 27.8 Å². The fourth-order valence-electron chi connectivity index (χ4n) is 2.88. The van der Waals surface area contributed by atoms with Crippen LogP contribution in [0.2, 0.25) is 39.3 Å². The van der Waals surface area contributed by atoms with Gasteiger partial charge in [-0.2, -0.15) is 0 Å². The molecule has 2 aromatic rings. The van der Waals surface area contributed by atoms with Crippen molar-refractivity contribution in [2.24, 2.45) is 4.66 Å². The zero-order valence-electron chi connectivity index (χ0n) is 20.5. The Morgan fingerprint density at radius 2 is 1.29 bits per heavy atom. The van der Waals surface area contributed by atoms with Crippen LogP contribution in [-0.2, 0) is 4.74 Å². The molecule has 0 unspecified atom stereocenters. The molecule has 1 aliphatic rings. The normalized spacial score (nSPS) is 14.9. The summed E-state index contributed by atoms with van der Waals surface area (Å²) in [6.45, 7) is 15.7. The van der Waals surface area contributed by atoms with E-state index in [1.165, 1.54) is 12.8 Å². The van der Waals surface area contributed by atoms with Crippen LogP contribution >= 0.6 is 0 Å². The van der Waals surface area contributed by atoms with Crippen molar-refractivity contribution in [1.29, 1.82) is 0 Å². The van der Waals surface area contributed by atoms with Crippen molar-refractivity contribution < 1.29 is 23.6 Å². The first kappa shape index (κ1) is 27.7. The summed E-state index contributed by atoms with van der Waals surface area (Å²) in [5, 5.41) is 5.07. The maximum absolute atomic E-state index is 5.07. The van der Waals surface area contributed by atoms with Gasteiger partial charge in [0.25, 0.3) is 0 Å². The van der Waals surface area contributed by atoms with Crippen LogP contribution in [0, 0.1) is 0 Å². The minimum Gasteiger partial charge on any atom is -0.472 e. The van der Waals surface area contributed by atoms with E-state index in [-0.39, 0.29) is 18.9 Å². The van der Waals surface area contributed by atoms with Crippen LogP contribution in [0.5, 0.6) is 0 Å². The molecule has 0 bridgehead atoms. The minimum atomic E-state index is -1.65. The van der Waals surface area contributed by atoms with Gasteiger partial charge in [0, 0.05) is 21.4 Å². The van der Waals surface area contributed by atoms with Crippen molar-refractivity contribution in [2.75, 3.05) is 13.2 Å². The Morgan fingerprint density at radius 3 is 1.68 bits per heavy atom. The van der Waals surface area contributed by atoms with Crippen molar-refractivity contribution in [3.05, 3.63) is 82.8 Å². The van der Waals surface area contributed by atoms with Crippen molar-refractivity contribution in [3.8, 4) is 0 Å². The molecule has 1 saturated heterocycles. The van der Waals surface area contributed by atoms with E-state index >= 15 is 0 Å². The second-order valence-electron chi connectivity index (χ2n) is 9.67. The molecule has 0 radical (unpaired) electrons. The van der Waals surface area contributed by atoms with Gasteiger partial charge in [-0.25, -0.2) is 0 Å². The van der Waals surface area contributed by atoms with Gasteiger partial charge in [0.2, 0.25) is 0 Å². The van der Waals surface area contributed by atoms with Gasteiger partial charge < -0.3 is 14.7 Å². The van der Waals surface area contributed by atoms with E-state index in [1.807, 2.05) is 12.1 Å².